The lowest BCUT2D eigenvalue weighted by molar-refractivity contribution is -0.384. The van der Waals surface area contributed by atoms with Crippen molar-refractivity contribution in [3.05, 3.63) is 117 Å². The van der Waals surface area contributed by atoms with Crippen LogP contribution < -0.4 is 5.01 Å². The predicted molar refractivity (Wildman–Crippen MR) is 139 cm³/mol. The first-order chi connectivity index (χ1) is 18.8. The average Bonchev–Trinajstić information content (AvgIpc) is 3.30. The monoisotopic (exact) mass is 531 g/mol. The van der Waals surface area contributed by atoms with E-state index >= 15 is 0 Å². The van der Waals surface area contributed by atoms with E-state index in [0.29, 0.717) is 11.1 Å². The summed E-state index contributed by atoms with van der Waals surface area (Å²) < 4.78 is 15.6. The van der Waals surface area contributed by atoms with Crippen LogP contribution in [-0.4, -0.2) is 48.8 Å². The van der Waals surface area contributed by atoms with Crippen LogP contribution in [0.15, 0.2) is 96.2 Å². The summed E-state index contributed by atoms with van der Waals surface area (Å²) in [5, 5.41) is 13.7. The maximum atomic E-state index is 13.7. The molecule has 0 atom stereocenters. The lowest BCUT2D eigenvalue weighted by atomic mass is 9.76. The van der Waals surface area contributed by atoms with E-state index in [-0.39, 0.29) is 23.6 Å². The van der Waals surface area contributed by atoms with Crippen LogP contribution in [0.5, 0.6) is 0 Å². The third-order valence-corrected chi connectivity index (χ3v) is 6.23. The van der Waals surface area contributed by atoms with Crippen molar-refractivity contribution in [3.63, 3.8) is 0 Å². The van der Waals surface area contributed by atoms with Crippen LogP contribution in [0.3, 0.4) is 0 Å². The number of nitro groups is 1. The Balaban J connectivity index is 2.23. The van der Waals surface area contributed by atoms with E-state index in [0.717, 1.165) is 19.2 Å². The van der Waals surface area contributed by atoms with Crippen molar-refractivity contribution in [2.75, 3.05) is 25.8 Å². The van der Waals surface area contributed by atoms with Crippen LogP contribution in [0, 0.1) is 10.1 Å². The summed E-state index contributed by atoms with van der Waals surface area (Å²) in [6.45, 7) is 1.55. The van der Waals surface area contributed by atoms with Gasteiger partial charge in [-0.15, -0.1) is 0 Å². The molecular weight excluding hydrogens is 506 g/mol. The van der Waals surface area contributed by atoms with Gasteiger partial charge in [0.25, 0.3) is 5.69 Å². The molecule has 0 bridgehead atoms. The molecule has 3 aromatic rings. The molecule has 0 spiro atoms. The van der Waals surface area contributed by atoms with Gasteiger partial charge in [0.15, 0.2) is 5.70 Å². The minimum Gasteiger partial charge on any atom is -0.466 e. The van der Waals surface area contributed by atoms with Crippen molar-refractivity contribution >= 4 is 29.4 Å². The third kappa shape index (κ3) is 4.43. The number of carbonyl (C=O) groups excluding carboxylic acids is 3. The summed E-state index contributed by atoms with van der Waals surface area (Å²) in [6, 6.07) is 22.8. The predicted octanol–water partition coefficient (Wildman–Crippen LogP) is 4.33. The fourth-order valence-corrected chi connectivity index (χ4v) is 4.71. The number of non-ortho nitro benzene ring substituents is 1. The molecule has 0 N–H and O–H groups in total. The molecule has 1 heterocycles. The maximum Gasteiger partial charge on any atom is 0.433 e. The van der Waals surface area contributed by atoms with Gasteiger partial charge in [-0.25, -0.2) is 14.4 Å². The lowest BCUT2D eigenvalue weighted by Crippen LogP contribution is -2.54. The van der Waals surface area contributed by atoms with Gasteiger partial charge in [-0.2, -0.15) is 5.01 Å². The van der Waals surface area contributed by atoms with Crippen molar-refractivity contribution < 1.29 is 33.5 Å². The van der Waals surface area contributed by atoms with Gasteiger partial charge in [0.2, 0.25) is 0 Å². The van der Waals surface area contributed by atoms with E-state index in [1.807, 2.05) is 0 Å². The standard InChI is InChI=1S/C28H25N3O8/c1-4-39-27(34)29-24(26(33)38-3)23(25(32)37-2)28(19-11-7-5-8-12-19,20-13-9-6-10-14-20)30(29)21-15-17-22(18-16-21)31(35)36/h5-18H,4H2,1-3H3. The van der Waals surface area contributed by atoms with E-state index < -0.39 is 34.2 Å². The molecule has 3 aromatic carbocycles. The molecule has 1 aliphatic rings. The Hall–Kier alpha value is -5.19. The van der Waals surface area contributed by atoms with Crippen molar-refractivity contribution in [2.45, 2.75) is 12.5 Å². The van der Waals surface area contributed by atoms with Crippen LogP contribution in [-0.2, 0) is 29.3 Å². The summed E-state index contributed by atoms with van der Waals surface area (Å²) in [5.41, 5.74) is -1.29. The van der Waals surface area contributed by atoms with E-state index in [1.54, 1.807) is 67.6 Å². The fourth-order valence-electron chi connectivity index (χ4n) is 4.71. The van der Waals surface area contributed by atoms with Gasteiger partial charge in [0, 0.05) is 12.1 Å². The number of nitrogens with zero attached hydrogens (tertiary/aromatic N) is 3. The first-order valence-electron chi connectivity index (χ1n) is 11.9. The number of carbonyl (C=O) groups is 3. The zero-order chi connectivity index (χ0) is 28.2. The number of esters is 2. The molecule has 0 fully saturated rings. The molecule has 1 amide bonds. The van der Waals surface area contributed by atoms with Crippen LogP contribution in [0.2, 0.25) is 0 Å². The Morgan fingerprint density at radius 2 is 1.33 bits per heavy atom. The third-order valence-electron chi connectivity index (χ3n) is 6.23. The summed E-state index contributed by atoms with van der Waals surface area (Å²) >= 11 is 0. The molecule has 0 saturated carbocycles. The SMILES string of the molecule is CCOC(=O)N1C(C(=O)OC)=C(C(=O)OC)C(c2ccccc2)(c2ccccc2)N1c1ccc([N+](=O)[O-])cc1. The van der Waals surface area contributed by atoms with Crippen molar-refractivity contribution in [3.8, 4) is 0 Å². The molecule has 0 saturated heterocycles. The highest BCUT2D eigenvalue weighted by molar-refractivity contribution is 6.07. The second-order valence-electron chi connectivity index (χ2n) is 8.25. The molecule has 11 heteroatoms. The number of nitro benzene ring substituents is 1. The number of ether oxygens (including phenoxy) is 3. The first kappa shape index (κ1) is 26.9. The van der Waals surface area contributed by atoms with Crippen LogP contribution in [0.4, 0.5) is 16.2 Å². The van der Waals surface area contributed by atoms with Crippen molar-refractivity contribution in [2.24, 2.45) is 0 Å². The Kier molecular flexibility index (Phi) is 7.61. The van der Waals surface area contributed by atoms with E-state index in [1.165, 1.54) is 29.3 Å². The number of hydrogen-bond donors (Lipinski definition) is 0. The summed E-state index contributed by atoms with van der Waals surface area (Å²) in [5.74, 6) is -1.90. The quantitative estimate of drug-likeness (QED) is 0.189. The van der Waals surface area contributed by atoms with Gasteiger partial charge in [0.05, 0.1) is 31.4 Å². The number of amides is 1. The van der Waals surface area contributed by atoms with Crippen LogP contribution in [0.25, 0.3) is 0 Å². The molecule has 1 aliphatic heterocycles. The average molecular weight is 532 g/mol. The van der Waals surface area contributed by atoms with Gasteiger partial charge in [-0.1, -0.05) is 60.7 Å². The summed E-state index contributed by atoms with van der Waals surface area (Å²) in [6.07, 6.45) is -0.980. The second kappa shape index (κ2) is 11.1. The minimum atomic E-state index is -1.68. The number of rotatable bonds is 7. The van der Waals surface area contributed by atoms with Gasteiger partial charge in [0.1, 0.15) is 11.1 Å². The van der Waals surface area contributed by atoms with Gasteiger partial charge in [-0.3, -0.25) is 15.1 Å². The number of hydrazine groups is 1. The summed E-state index contributed by atoms with van der Waals surface area (Å²) in [7, 11) is 2.28. The Morgan fingerprint density at radius 1 is 0.821 bits per heavy atom. The summed E-state index contributed by atoms with van der Waals surface area (Å²) in [4.78, 5) is 51.5. The Bertz CT molecular complexity index is 1380. The fraction of sp³-hybridized carbons (Fsp3) is 0.179. The highest BCUT2D eigenvalue weighted by Gasteiger charge is 2.61. The molecule has 11 nitrogen and oxygen atoms in total. The smallest absolute Gasteiger partial charge is 0.433 e. The highest BCUT2D eigenvalue weighted by Crippen LogP contribution is 2.53. The normalized spacial score (nSPS) is 14.1. The second-order valence-corrected chi connectivity index (χ2v) is 8.25. The largest absolute Gasteiger partial charge is 0.466 e. The molecule has 200 valence electrons. The van der Waals surface area contributed by atoms with Crippen molar-refractivity contribution in [1.29, 1.82) is 0 Å². The van der Waals surface area contributed by atoms with E-state index in [4.69, 9.17) is 14.2 Å². The minimum absolute atomic E-state index is 0.0465. The Morgan fingerprint density at radius 3 is 1.77 bits per heavy atom. The maximum absolute atomic E-state index is 13.7. The zero-order valence-corrected chi connectivity index (χ0v) is 21.4. The van der Waals surface area contributed by atoms with Gasteiger partial charge < -0.3 is 14.2 Å². The highest BCUT2D eigenvalue weighted by atomic mass is 16.6. The molecular formula is C28H25N3O8. The number of benzene rings is 3. The molecule has 0 radical (unpaired) electrons. The number of methoxy groups -OCH3 is 2. The first-order valence-corrected chi connectivity index (χ1v) is 11.9. The van der Waals surface area contributed by atoms with Gasteiger partial charge >= 0.3 is 18.0 Å². The van der Waals surface area contributed by atoms with Crippen molar-refractivity contribution in [1.82, 2.24) is 5.01 Å². The lowest BCUT2D eigenvalue weighted by Gasteiger charge is -2.44. The zero-order valence-electron chi connectivity index (χ0n) is 21.4. The molecule has 0 aromatic heterocycles. The number of anilines is 1. The van der Waals surface area contributed by atoms with Crippen LogP contribution in [0.1, 0.15) is 18.1 Å². The Labute approximate surface area is 223 Å². The molecule has 0 aliphatic carbocycles. The molecule has 0 unspecified atom stereocenters. The van der Waals surface area contributed by atoms with Crippen LogP contribution >= 0.6 is 0 Å². The number of hydrogen-bond acceptors (Lipinski definition) is 9. The van der Waals surface area contributed by atoms with E-state index in [2.05, 4.69) is 0 Å². The molecule has 4 rings (SSSR count). The topological polar surface area (TPSA) is 129 Å². The van der Waals surface area contributed by atoms with Gasteiger partial charge in [-0.05, 0) is 30.2 Å². The van der Waals surface area contributed by atoms with E-state index in [9.17, 15) is 24.5 Å². The molecule has 39 heavy (non-hydrogen) atoms.